The van der Waals surface area contributed by atoms with Crippen molar-refractivity contribution in [1.29, 1.82) is 0 Å². The summed E-state index contributed by atoms with van der Waals surface area (Å²) in [7, 11) is 1.75. The zero-order valence-corrected chi connectivity index (χ0v) is 13.1. The number of carbonyl (C=O) groups is 2. The van der Waals surface area contributed by atoms with Crippen LogP contribution in [0.2, 0.25) is 0 Å². The third-order valence-corrected chi connectivity index (χ3v) is 3.94. The van der Waals surface area contributed by atoms with E-state index in [1.165, 1.54) is 12.1 Å². The Bertz CT molecular complexity index is 525. The van der Waals surface area contributed by atoms with Gasteiger partial charge in [-0.15, -0.1) is 0 Å². The molecule has 1 saturated heterocycles. The highest BCUT2D eigenvalue weighted by Crippen LogP contribution is 2.07. The fourth-order valence-electron chi connectivity index (χ4n) is 2.48. The number of halogens is 1. The maximum Gasteiger partial charge on any atom is 0.236 e. The Morgan fingerprint density at radius 2 is 1.73 bits per heavy atom. The number of amides is 2. The summed E-state index contributed by atoms with van der Waals surface area (Å²) in [5, 5.41) is 0. The molecule has 0 spiro atoms. The molecule has 1 heterocycles. The van der Waals surface area contributed by atoms with Crippen molar-refractivity contribution < 1.29 is 14.0 Å². The Kier molecular flexibility index (Phi) is 5.49. The number of hydrogen-bond donors (Lipinski definition) is 0. The van der Waals surface area contributed by atoms with Gasteiger partial charge in [0.25, 0.3) is 0 Å². The molecule has 2 amide bonds. The lowest BCUT2D eigenvalue weighted by molar-refractivity contribution is -0.133. The van der Waals surface area contributed by atoms with Gasteiger partial charge < -0.3 is 9.80 Å². The predicted octanol–water partition coefficient (Wildman–Crippen LogP) is 0.948. The average molecular weight is 307 g/mol. The van der Waals surface area contributed by atoms with E-state index in [2.05, 4.69) is 4.90 Å². The first-order valence-corrected chi connectivity index (χ1v) is 7.42. The third kappa shape index (κ3) is 4.53. The Balaban J connectivity index is 1.79. The van der Waals surface area contributed by atoms with Crippen molar-refractivity contribution in [3.05, 3.63) is 35.6 Å². The molecule has 6 heteroatoms. The number of benzene rings is 1. The molecule has 1 aromatic carbocycles. The normalized spacial score (nSPS) is 15.7. The number of piperazine rings is 1. The van der Waals surface area contributed by atoms with Gasteiger partial charge in [0.15, 0.2) is 0 Å². The lowest BCUT2D eigenvalue weighted by atomic mass is 10.2. The summed E-state index contributed by atoms with van der Waals surface area (Å²) in [5.41, 5.74) is 0.902. The van der Waals surface area contributed by atoms with Crippen molar-refractivity contribution in [3.63, 3.8) is 0 Å². The highest BCUT2D eigenvalue weighted by atomic mass is 19.1. The monoisotopic (exact) mass is 307 g/mol. The first kappa shape index (κ1) is 16.4. The van der Waals surface area contributed by atoms with E-state index in [-0.39, 0.29) is 17.6 Å². The van der Waals surface area contributed by atoms with Crippen LogP contribution in [0.5, 0.6) is 0 Å². The molecule has 1 aromatic rings. The molecule has 1 aliphatic rings. The number of likely N-dealkylation sites (N-methyl/N-ethyl adjacent to an activating group) is 1. The molecule has 0 N–H and O–H groups in total. The van der Waals surface area contributed by atoms with E-state index in [0.717, 1.165) is 18.7 Å². The van der Waals surface area contributed by atoms with Crippen LogP contribution in [-0.4, -0.2) is 66.3 Å². The molecule has 0 saturated carbocycles. The van der Waals surface area contributed by atoms with Crippen LogP contribution in [0, 0.1) is 5.82 Å². The van der Waals surface area contributed by atoms with Crippen LogP contribution in [0.1, 0.15) is 12.5 Å². The lowest BCUT2D eigenvalue weighted by Crippen LogP contribution is -2.50. The molecule has 22 heavy (non-hydrogen) atoms. The molecule has 5 nitrogen and oxygen atoms in total. The van der Waals surface area contributed by atoms with Gasteiger partial charge in [-0.25, -0.2) is 4.39 Å². The van der Waals surface area contributed by atoms with Gasteiger partial charge in [-0.2, -0.15) is 0 Å². The minimum absolute atomic E-state index is 0.0283. The Morgan fingerprint density at radius 3 is 2.27 bits per heavy atom. The minimum Gasteiger partial charge on any atom is -0.340 e. The Morgan fingerprint density at radius 1 is 1.14 bits per heavy atom. The van der Waals surface area contributed by atoms with Crippen molar-refractivity contribution in [1.82, 2.24) is 14.7 Å². The Hall–Kier alpha value is -1.95. The number of carbonyl (C=O) groups excluding carboxylic acids is 2. The first-order valence-electron chi connectivity index (χ1n) is 7.42. The van der Waals surface area contributed by atoms with Crippen molar-refractivity contribution in [2.75, 3.05) is 39.8 Å². The van der Waals surface area contributed by atoms with Gasteiger partial charge in [0.2, 0.25) is 11.8 Å². The van der Waals surface area contributed by atoms with Crippen LogP contribution >= 0.6 is 0 Å². The molecule has 1 aliphatic heterocycles. The highest BCUT2D eigenvalue weighted by molar-refractivity contribution is 5.78. The van der Waals surface area contributed by atoms with Gasteiger partial charge in [0.05, 0.1) is 6.54 Å². The topological polar surface area (TPSA) is 43.9 Å². The average Bonchev–Trinajstić information content (AvgIpc) is 2.50. The smallest absolute Gasteiger partial charge is 0.236 e. The third-order valence-electron chi connectivity index (χ3n) is 3.94. The SMILES string of the molecule is CC(=O)N1CCN(CC(=O)N(C)Cc2ccc(F)cc2)CC1. The van der Waals surface area contributed by atoms with Crippen LogP contribution in [0.4, 0.5) is 4.39 Å². The molecule has 0 bridgehead atoms. The van der Waals surface area contributed by atoms with E-state index in [9.17, 15) is 14.0 Å². The van der Waals surface area contributed by atoms with Gasteiger partial charge in [0.1, 0.15) is 5.82 Å². The van der Waals surface area contributed by atoms with Crippen LogP contribution in [0.25, 0.3) is 0 Å². The second-order valence-corrected chi connectivity index (χ2v) is 5.66. The van der Waals surface area contributed by atoms with E-state index >= 15 is 0 Å². The van der Waals surface area contributed by atoms with Crippen LogP contribution in [-0.2, 0) is 16.1 Å². The molecule has 120 valence electrons. The summed E-state index contributed by atoms with van der Waals surface area (Å²) < 4.78 is 12.9. The highest BCUT2D eigenvalue weighted by Gasteiger charge is 2.21. The first-order chi connectivity index (χ1) is 10.5. The fourth-order valence-corrected chi connectivity index (χ4v) is 2.48. The van der Waals surface area contributed by atoms with E-state index in [1.54, 1.807) is 35.9 Å². The summed E-state index contributed by atoms with van der Waals surface area (Å²) in [6.45, 7) is 5.16. The van der Waals surface area contributed by atoms with Gasteiger partial charge in [-0.05, 0) is 17.7 Å². The van der Waals surface area contributed by atoms with Crippen molar-refractivity contribution >= 4 is 11.8 Å². The minimum atomic E-state index is -0.277. The van der Waals surface area contributed by atoms with E-state index in [0.29, 0.717) is 26.2 Å². The molecule has 1 fully saturated rings. The van der Waals surface area contributed by atoms with E-state index in [4.69, 9.17) is 0 Å². The van der Waals surface area contributed by atoms with Crippen molar-refractivity contribution in [2.45, 2.75) is 13.5 Å². The largest absolute Gasteiger partial charge is 0.340 e. The van der Waals surface area contributed by atoms with Gasteiger partial charge in [0, 0.05) is 46.7 Å². The van der Waals surface area contributed by atoms with Gasteiger partial charge in [-0.1, -0.05) is 12.1 Å². The van der Waals surface area contributed by atoms with E-state index < -0.39 is 0 Å². The summed E-state index contributed by atoms with van der Waals surface area (Å²) in [5.74, 6) is -0.166. The predicted molar refractivity (Wildman–Crippen MR) is 81.6 cm³/mol. The molecule has 0 aliphatic carbocycles. The summed E-state index contributed by atoms with van der Waals surface area (Å²) >= 11 is 0. The second-order valence-electron chi connectivity index (χ2n) is 5.66. The summed E-state index contributed by atoms with van der Waals surface area (Å²) in [4.78, 5) is 29.0. The zero-order valence-electron chi connectivity index (χ0n) is 13.1. The van der Waals surface area contributed by atoms with Gasteiger partial charge >= 0.3 is 0 Å². The molecule has 2 rings (SSSR count). The fraction of sp³-hybridized carbons (Fsp3) is 0.500. The van der Waals surface area contributed by atoms with Crippen LogP contribution in [0.3, 0.4) is 0 Å². The standard InChI is InChI=1S/C16H22FN3O2/c1-13(21)20-9-7-19(8-10-20)12-16(22)18(2)11-14-3-5-15(17)6-4-14/h3-6H,7-12H2,1-2H3. The molecule has 0 unspecified atom stereocenters. The number of hydrogen-bond acceptors (Lipinski definition) is 3. The van der Waals surface area contributed by atoms with Crippen LogP contribution in [0.15, 0.2) is 24.3 Å². The van der Waals surface area contributed by atoms with Crippen LogP contribution < -0.4 is 0 Å². The van der Waals surface area contributed by atoms with Gasteiger partial charge in [-0.3, -0.25) is 14.5 Å². The maximum absolute atomic E-state index is 12.9. The molecular formula is C16H22FN3O2. The Labute approximate surface area is 130 Å². The van der Waals surface area contributed by atoms with E-state index in [1.807, 2.05) is 0 Å². The molecule has 0 aromatic heterocycles. The molecule has 0 radical (unpaired) electrons. The quantitative estimate of drug-likeness (QED) is 0.832. The number of rotatable bonds is 4. The van der Waals surface area contributed by atoms with Crippen molar-refractivity contribution in [2.24, 2.45) is 0 Å². The number of nitrogens with zero attached hydrogens (tertiary/aromatic N) is 3. The zero-order chi connectivity index (χ0) is 16.1. The van der Waals surface area contributed by atoms with Crippen molar-refractivity contribution in [3.8, 4) is 0 Å². The lowest BCUT2D eigenvalue weighted by Gasteiger charge is -2.34. The second kappa shape index (κ2) is 7.35. The molecule has 0 atom stereocenters. The summed E-state index contributed by atoms with van der Waals surface area (Å²) in [6, 6.07) is 6.17. The molecular weight excluding hydrogens is 285 g/mol. The summed E-state index contributed by atoms with van der Waals surface area (Å²) in [6.07, 6.45) is 0. The maximum atomic E-state index is 12.9.